The molecule has 0 saturated carbocycles. The summed E-state index contributed by atoms with van der Waals surface area (Å²) in [4.78, 5) is 22.0. The molecule has 1 saturated heterocycles. The first-order valence-electron chi connectivity index (χ1n) is 4.73. The molecule has 1 aliphatic rings. The minimum atomic E-state index is -0.601. The van der Waals surface area contributed by atoms with Crippen molar-refractivity contribution in [1.29, 1.82) is 0 Å². The largest absolute Gasteiger partial charge is 0.468 e. The lowest BCUT2D eigenvalue weighted by Crippen LogP contribution is -2.39. The zero-order valence-corrected chi connectivity index (χ0v) is 8.29. The first-order valence-corrected chi connectivity index (χ1v) is 4.73. The first kappa shape index (κ1) is 11.0. The van der Waals surface area contributed by atoms with E-state index in [9.17, 15) is 9.59 Å². The molecule has 1 amide bonds. The number of ether oxygens (including phenoxy) is 1. The van der Waals surface area contributed by atoms with Crippen molar-refractivity contribution in [3.8, 4) is 0 Å². The topological polar surface area (TPSA) is 81.4 Å². The van der Waals surface area contributed by atoms with Crippen LogP contribution in [0.15, 0.2) is 0 Å². The summed E-state index contributed by atoms with van der Waals surface area (Å²) < 4.78 is 4.52. The molecule has 1 fully saturated rings. The summed E-state index contributed by atoms with van der Waals surface area (Å²) in [5.74, 6) is -0.160. The van der Waals surface area contributed by atoms with E-state index in [1.165, 1.54) is 7.11 Å². The molecule has 5 nitrogen and oxygen atoms in total. The third-order valence-corrected chi connectivity index (χ3v) is 2.44. The van der Waals surface area contributed by atoms with Crippen LogP contribution in [-0.4, -0.2) is 31.6 Å². The Labute approximate surface area is 83.0 Å². The van der Waals surface area contributed by atoms with Gasteiger partial charge in [0.15, 0.2) is 0 Å². The summed E-state index contributed by atoms with van der Waals surface area (Å²) in [6.45, 7) is 0.678. The van der Waals surface area contributed by atoms with Crippen molar-refractivity contribution in [2.24, 2.45) is 11.7 Å². The molecular formula is C9H16N2O3. The van der Waals surface area contributed by atoms with Crippen molar-refractivity contribution in [3.63, 3.8) is 0 Å². The van der Waals surface area contributed by atoms with Crippen molar-refractivity contribution in [2.45, 2.75) is 25.3 Å². The molecule has 80 valence electrons. The Morgan fingerprint density at radius 2 is 2.50 bits per heavy atom. The molecule has 1 heterocycles. The van der Waals surface area contributed by atoms with Crippen LogP contribution in [0.3, 0.4) is 0 Å². The molecule has 2 atom stereocenters. The molecule has 1 rings (SSSR count). The highest BCUT2D eigenvalue weighted by atomic mass is 16.5. The van der Waals surface area contributed by atoms with Crippen LogP contribution >= 0.6 is 0 Å². The molecule has 1 aliphatic heterocycles. The predicted octanol–water partition coefficient (Wildman–Crippen LogP) is -0.597. The second-order valence-electron chi connectivity index (χ2n) is 3.57. The second kappa shape index (κ2) is 4.95. The SMILES string of the molecule is COC(=O)C(N)CC1CCNC(=O)C1. The number of esters is 1. The number of piperidine rings is 1. The normalized spacial score (nSPS) is 23.9. The van der Waals surface area contributed by atoms with Crippen molar-refractivity contribution >= 4 is 11.9 Å². The van der Waals surface area contributed by atoms with Gasteiger partial charge in [0.05, 0.1) is 7.11 Å². The van der Waals surface area contributed by atoms with Gasteiger partial charge >= 0.3 is 5.97 Å². The number of methoxy groups -OCH3 is 1. The third-order valence-electron chi connectivity index (χ3n) is 2.44. The van der Waals surface area contributed by atoms with Gasteiger partial charge in [-0.3, -0.25) is 9.59 Å². The summed E-state index contributed by atoms with van der Waals surface area (Å²) in [5.41, 5.74) is 5.60. The standard InChI is InChI=1S/C9H16N2O3/c1-14-9(13)7(10)4-6-2-3-11-8(12)5-6/h6-7H,2-5,10H2,1H3,(H,11,12). The maximum atomic E-state index is 11.0. The third kappa shape index (κ3) is 2.99. The molecule has 0 radical (unpaired) electrons. The summed E-state index contributed by atoms with van der Waals surface area (Å²) in [6, 6.07) is -0.601. The van der Waals surface area contributed by atoms with Crippen LogP contribution in [0.4, 0.5) is 0 Å². The van der Waals surface area contributed by atoms with E-state index in [1.807, 2.05) is 0 Å². The highest BCUT2D eigenvalue weighted by Gasteiger charge is 2.24. The zero-order chi connectivity index (χ0) is 10.6. The maximum Gasteiger partial charge on any atom is 0.322 e. The van der Waals surface area contributed by atoms with Crippen LogP contribution in [0, 0.1) is 5.92 Å². The summed E-state index contributed by atoms with van der Waals surface area (Å²) >= 11 is 0. The van der Waals surface area contributed by atoms with Crippen LogP contribution in [-0.2, 0) is 14.3 Å². The van der Waals surface area contributed by atoms with E-state index in [0.29, 0.717) is 19.4 Å². The van der Waals surface area contributed by atoms with E-state index in [-0.39, 0.29) is 11.8 Å². The molecule has 2 unspecified atom stereocenters. The lowest BCUT2D eigenvalue weighted by molar-refractivity contribution is -0.143. The van der Waals surface area contributed by atoms with Gasteiger partial charge in [-0.15, -0.1) is 0 Å². The molecule has 0 aliphatic carbocycles. The number of amides is 1. The molecule has 0 aromatic carbocycles. The molecule has 0 bridgehead atoms. The molecular weight excluding hydrogens is 184 g/mol. The van der Waals surface area contributed by atoms with Gasteiger partial charge in [0.25, 0.3) is 0 Å². The Hall–Kier alpha value is -1.10. The zero-order valence-electron chi connectivity index (χ0n) is 8.29. The van der Waals surface area contributed by atoms with Gasteiger partial charge < -0.3 is 15.8 Å². The van der Waals surface area contributed by atoms with Gasteiger partial charge in [-0.2, -0.15) is 0 Å². The number of carbonyl (C=O) groups is 2. The van der Waals surface area contributed by atoms with Crippen LogP contribution in [0.1, 0.15) is 19.3 Å². The van der Waals surface area contributed by atoms with E-state index in [0.717, 1.165) is 6.42 Å². The van der Waals surface area contributed by atoms with Crippen LogP contribution in [0.5, 0.6) is 0 Å². The van der Waals surface area contributed by atoms with Crippen molar-refractivity contribution in [3.05, 3.63) is 0 Å². The Morgan fingerprint density at radius 3 is 3.07 bits per heavy atom. The van der Waals surface area contributed by atoms with E-state index in [4.69, 9.17) is 5.73 Å². The number of hydrogen-bond donors (Lipinski definition) is 2. The fourth-order valence-electron chi connectivity index (χ4n) is 1.66. The summed E-state index contributed by atoms with van der Waals surface area (Å²) in [7, 11) is 1.32. The average molecular weight is 200 g/mol. The number of nitrogens with two attached hydrogens (primary N) is 1. The van der Waals surface area contributed by atoms with E-state index in [1.54, 1.807) is 0 Å². The van der Waals surface area contributed by atoms with Crippen molar-refractivity contribution < 1.29 is 14.3 Å². The molecule has 14 heavy (non-hydrogen) atoms. The fourth-order valence-corrected chi connectivity index (χ4v) is 1.66. The molecule has 5 heteroatoms. The molecule has 0 aromatic heterocycles. The number of rotatable bonds is 3. The van der Waals surface area contributed by atoms with E-state index in [2.05, 4.69) is 10.1 Å². The Morgan fingerprint density at radius 1 is 1.79 bits per heavy atom. The van der Waals surface area contributed by atoms with Crippen molar-refractivity contribution in [2.75, 3.05) is 13.7 Å². The van der Waals surface area contributed by atoms with E-state index < -0.39 is 12.0 Å². The molecule has 3 N–H and O–H groups in total. The fraction of sp³-hybridized carbons (Fsp3) is 0.778. The van der Waals surface area contributed by atoms with Gasteiger partial charge in [0.1, 0.15) is 6.04 Å². The number of nitrogens with one attached hydrogen (secondary N) is 1. The highest BCUT2D eigenvalue weighted by molar-refractivity contribution is 5.77. The van der Waals surface area contributed by atoms with Crippen LogP contribution < -0.4 is 11.1 Å². The molecule has 0 aromatic rings. The second-order valence-corrected chi connectivity index (χ2v) is 3.57. The predicted molar refractivity (Wildman–Crippen MR) is 50.3 cm³/mol. The Bertz CT molecular complexity index is 230. The lowest BCUT2D eigenvalue weighted by Gasteiger charge is -2.23. The summed E-state index contributed by atoms with van der Waals surface area (Å²) in [5, 5.41) is 2.73. The minimum absolute atomic E-state index is 0.0401. The maximum absolute atomic E-state index is 11.0. The van der Waals surface area contributed by atoms with Crippen LogP contribution in [0.2, 0.25) is 0 Å². The van der Waals surface area contributed by atoms with Gasteiger partial charge in [0.2, 0.25) is 5.91 Å². The van der Waals surface area contributed by atoms with Crippen LogP contribution in [0.25, 0.3) is 0 Å². The van der Waals surface area contributed by atoms with Crippen molar-refractivity contribution in [1.82, 2.24) is 5.32 Å². The van der Waals surface area contributed by atoms with Gasteiger partial charge in [-0.05, 0) is 18.8 Å². The summed E-state index contributed by atoms with van der Waals surface area (Å²) in [6.07, 6.45) is 1.88. The number of hydrogen-bond acceptors (Lipinski definition) is 4. The first-order chi connectivity index (χ1) is 6.63. The number of carbonyl (C=O) groups excluding carboxylic acids is 2. The van der Waals surface area contributed by atoms with E-state index >= 15 is 0 Å². The highest BCUT2D eigenvalue weighted by Crippen LogP contribution is 2.18. The monoisotopic (exact) mass is 200 g/mol. The lowest BCUT2D eigenvalue weighted by atomic mass is 9.91. The minimum Gasteiger partial charge on any atom is -0.468 e. The smallest absolute Gasteiger partial charge is 0.322 e. The van der Waals surface area contributed by atoms with Gasteiger partial charge in [0, 0.05) is 13.0 Å². The Balaban J connectivity index is 2.35. The average Bonchev–Trinajstić information content (AvgIpc) is 2.16. The van der Waals surface area contributed by atoms with Gasteiger partial charge in [-0.25, -0.2) is 0 Å². The van der Waals surface area contributed by atoms with Gasteiger partial charge in [-0.1, -0.05) is 0 Å². The Kier molecular flexibility index (Phi) is 3.88. The molecule has 0 spiro atoms. The quantitative estimate of drug-likeness (QED) is 0.596.